The number of aliphatic hydroxyl groups excluding tert-OH is 1. The molecule has 0 aromatic heterocycles. The minimum absolute atomic E-state index is 0.149. The van der Waals surface area contributed by atoms with Crippen molar-refractivity contribution in [3.8, 4) is 0 Å². The fourth-order valence-electron chi connectivity index (χ4n) is 1.22. The highest BCUT2D eigenvalue weighted by molar-refractivity contribution is 5.66. The summed E-state index contributed by atoms with van der Waals surface area (Å²) in [5.74, 6) is 0. The standard InChI is InChI=1S/C8H17NO3/c1-6(5-10)9(7(11)12)8(2,3)4/h6,10H,5H2,1-4H3,(H,11,12)/t6-/m0/s1. The van der Waals surface area contributed by atoms with Gasteiger partial charge in [0.25, 0.3) is 0 Å². The van der Waals surface area contributed by atoms with Crippen molar-refractivity contribution < 1.29 is 15.0 Å². The summed E-state index contributed by atoms with van der Waals surface area (Å²) >= 11 is 0. The van der Waals surface area contributed by atoms with Crippen LogP contribution in [-0.4, -0.2) is 39.4 Å². The molecule has 0 aliphatic rings. The third kappa shape index (κ3) is 2.70. The maximum Gasteiger partial charge on any atom is 0.408 e. The first-order valence-corrected chi connectivity index (χ1v) is 3.93. The van der Waals surface area contributed by atoms with Gasteiger partial charge in [-0.25, -0.2) is 4.79 Å². The molecular formula is C8H17NO3. The van der Waals surface area contributed by atoms with Gasteiger partial charge in [-0.2, -0.15) is 0 Å². The second kappa shape index (κ2) is 3.76. The lowest BCUT2D eigenvalue weighted by atomic mass is 10.0. The molecule has 1 atom stereocenters. The van der Waals surface area contributed by atoms with Crippen LogP contribution in [0.3, 0.4) is 0 Å². The summed E-state index contributed by atoms with van der Waals surface area (Å²) in [5.41, 5.74) is -0.464. The first kappa shape index (κ1) is 11.2. The van der Waals surface area contributed by atoms with Crippen LogP contribution < -0.4 is 0 Å². The number of carboxylic acid groups (broad SMARTS) is 1. The van der Waals surface area contributed by atoms with Gasteiger partial charge in [-0.3, -0.25) is 4.90 Å². The Morgan fingerprint density at radius 2 is 1.92 bits per heavy atom. The third-order valence-corrected chi connectivity index (χ3v) is 1.63. The van der Waals surface area contributed by atoms with Crippen molar-refractivity contribution in [3.05, 3.63) is 0 Å². The van der Waals surface area contributed by atoms with Gasteiger partial charge in [0.2, 0.25) is 0 Å². The van der Waals surface area contributed by atoms with Crippen molar-refractivity contribution >= 4 is 6.09 Å². The van der Waals surface area contributed by atoms with Crippen LogP contribution in [0.1, 0.15) is 27.7 Å². The van der Waals surface area contributed by atoms with E-state index >= 15 is 0 Å². The average Bonchev–Trinajstić information content (AvgIpc) is 1.83. The van der Waals surface area contributed by atoms with Gasteiger partial charge < -0.3 is 10.2 Å². The van der Waals surface area contributed by atoms with E-state index in [0.29, 0.717) is 0 Å². The van der Waals surface area contributed by atoms with Crippen LogP contribution in [-0.2, 0) is 0 Å². The minimum Gasteiger partial charge on any atom is -0.465 e. The quantitative estimate of drug-likeness (QED) is 0.661. The number of nitrogens with zero attached hydrogens (tertiary/aromatic N) is 1. The number of hydrogen-bond donors (Lipinski definition) is 2. The second-order valence-corrected chi connectivity index (χ2v) is 3.85. The molecule has 0 aromatic carbocycles. The Morgan fingerprint density at radius 1 is 1.50 bits per heavy atom. The SMILES string of the molecule is C[C@@H](CO)N(C(=O)O)C(C)(C)C. The molecule has 0 aliphatic heterocycles. The maximum absolute atomic E-state index is 10.8. The molecule has 2 N–H and O–H groups in total. The normalized spacial score (nSPS) is 14.1. The molecule has 0 unspecified atom stereocenters. The summed E-state index contributed by atoms with van der Waals surface area (Å²) in [4.78, 5) is 12.0. The zero-order valence-electron chi connectivity index (χ0n) is 8.03. The van der Waals surface area contributed by atoms with E-state index in [9.17, 15) is 4.79 Å². The molecule has 1 amide bonds. The van der Waals surface area contributed by atoms with Crippen molar-refractivity contribution in [2.45, 2.75) is 39.3 Å². The number of aliphatic hydroxyl groups is 1. The van der Waals surface area contributed by atoms with E-state index in [1.54, 1.807) is 27.7 Å². The van der Waals surface area contributed by atoms with E-state index in [1.807, 2.05) is 0 Å². The van der Waals surface area contributed by atoms with Gasteiger partial charge in [0, 0.05) is 5.54 Å². The zero-order chi connectivity index (χ0) is 9.94. The van der Waals surface area contributed by atoms with E-state index in [2.05, 4.69) is 0 Å². The fraction of sp³-hybridized carbons (Fsp3) is 0.875. The summed E-state index contributed by atoms with van der Waals surface area (Å²) in [6, 6.07) is -0.359. The number of amides is 1. The van der Waals surface area contributed by atoms with Gasteiger partial charge in [-0.1, -0.05) is 0 Å². The highest BCUT2D eigenvalue weighted by Gasteiger charge is 2.29. The average molecular weight is 175 g/mol. The van der Waals surface area contributed by atoms with Gasteiger partial charge in [-0.15, -0.1) is 0 Å². The van der Waals surface area contributed by atoms with Crippen LogP contribution in [0.4, 0.5) is 4.79 Å². The molecule has 72 valence electrons. The van der Waals surface area contributed by atoms with Crippen molar-refractivity contribution in [2.24, 2.45) is 0 Å². The smallest absolute Gasteiger partial charge is 0.408 e. The van der Waals surface area contributed by atoms with E-state index in [0.717, 1.165) is 0 Å². The zero-order valence-corrected chi connectivity index (χ0v) is 8.03. The number of rotatable bonds is 2. The van der Waals surface area contributed by atoms with Crippen LogP contribution >= 0.6 is 0 Å². The molecule has 0 saturated carbocycles. The molecule has 0 rings (SSSR count). The Bertz CT molecular complexity index is 162. The molecular weight excluding hydrogens is 158 g/mol. The van der Waals surface area contributed by atoms with Crippen molar-refractivity contribution in [2.75, 3.05) is 6.61 Å². The Hall–Kier alpha value is -0.770. The molecule has 0 bridgehead atoms. The monoisotopic (exact) mass is 175 g/mol. The van der Waals surface area contributed by atoms with Crippen molar-refractivity contribution in [1.29, 1.82) is 0 Å². The van der Waals surface area contributed by atoms with Crippen molar-refractivity contribution in [3.63, 3.8) is 0 Å². The second-order valence-electron chi connectivity index (χ2n) is 3.85. The Labute approximate surface area is 72.8 Å². The maximum atomic E-state index is 10.8. The highest BCUT2D eigenvalue weighted by Crippen LogP contribution is 2.16. The minimum atomic E-state index is -0.996. The lowest BCUT2D eigenvalue weighted by Gasteiger charge is -2.37. The topological polar surface area (TPSA) is 60.8 Å². The van der Waals surface area contributed by atoms with Gasteiger partial charge >= 0.3 is 6.09 Å². The van der Waals surface area contributed by atoms with Crippen LogP contribution in [0, 0.1) is 0 Å². The first-order valence-electron chi connectivity index (χ1n) is 3.93. The lowest BCUT2D eigenvalue weighted by Crippen LogP contribution is -2.51. The molecule has 4 heteroatoms. The lowest BCUT2D eigenvalue weighted by molar-refractivity contribution is 0.0532. The van der Waals surface area contributed by atoms with E-state index in [-0.39, 0.29) is 12.6 Å². The first-order chi connectivity index (χ1) is 5.30. The Kier molecular flexibility index (Phi) is 3.52. The predicted molar refractivity (Wildman–Crippen MR) is 46.2 cm³/mol. The summed E-state index contributed by atoms with van der Waals surface area (Å²) in [6.45, 7) is 6.93. The highest BCUT2D eigenvalue weighted by atomic mass is 16.4. The third-order valence-electron chi connectivity index (χ3n) is 1.63. The van der Waals surface area contributed by atoms with Crippen LogP contribution in [0.25, 0.3) is 0 Å². The van der Waals surface area contributed by atoms with Gasteiger partial charge in [-0.05, 0) is 27.7 Å². The Morgan fingerprint density at radius 3 is 2.00 bits per heavy atom. The molecule has 0 heterocycles. The summed E-state index contributed by atoms with van der Waals surface area (Å²) in [6.07, 6.45) is -0.996. The molecule has 0 fully saturated rings. The summed E-state index contributed by atoms with van der Waals surface area (Å²) in [5, 5.41) is 17.6. The molecule has 12 heavy (non-hydrogen) atoms. The summed E-state index contributed by atoms with van der Waals surface area (Å²) in [7, 11) is 0. The molecule has 0 aromatic rings. The van der Waals surface area contributed by atoms with E-state index in [1.165, 1.54) is 4.90 Å². The fourth-order valence-corrected chi connectivity index (χ4v) is 1.22. The Balaban J connectivity index is 4.56. The van der Waals surface area contributed by atoms with Crippen LogP contribution in [0.5, 0.6) is 0 Å². The molecule has 0 saturated heterocycles. The van der Waals surface area contributed by atoms with Crippen molar-refractivity contribution in [1.82, 2.24) is 4.90 Å². The molecule has 0 spiro atoms. The van der Waals surface area contributed by atoms with Gasteiger partial charge in [0.05, 0.1) is 12.6 Å². The molecule has 0 aliphatic carbocycles. The summed E-state index contributed by atoms with van der Waals surface area (Å²) < 4.78 is 0. The van der Waals surface area contributed by atoms with Crippen LogP contribution in [0.2, 0.25) is 0 Å². The molecule has 4 nitrogen and oxygen atoms in total. The van der Waals surface area contributed by atoms with Crippen LogP contribution in [0.15, 0.2) is 0 Å². The van der Waals surface area contributed by atoms with E-state index in [4.69, 9.17) is 10.2 Å². The number of hydrogen-bond acceptors (Lipinski definition) is 2. The predicted octanol–water partition coefficient (Wildman–Crippen LogP) is 1.15. The van der Waals surface area contributed by atoms with Gasteiger partial charge in [0.1, 0.15) is 0 Å². The molecule has 0 radical (unpaired) electrons. The van der Waals surface area contributed by atoms with Gasteiger partial charge in [0.15, 0.2) is 0 Å². The number of carbonyl (C=O) groups is 1. The largest absolute Gasteiger partial charge is 0.465 e. The van der Waals surface area contributed by atoms with E-state index < -0.39 is 11.6 Å².